The van der Waals surface area contributed by atoms with Crippen LogP contribution in [0.3, 0.4) is 0 Å². The molecule has 1 atom stereocenters. The van der Waals surface area contributed by atoms with Gasteiger partial charge in [-0.2, -0.15) is 0 Å². The van der Waals surface area contributed by atoms with Crippen molar-refractivity contribution in [3.05, 3.63) is 0 Å². The zero-order valence-electron chi connectivity index (χ0n) is 3.29. The van der Waals surface area contributed by atoms with E-state index in [0.717, 1.165) is 0 Å². The molecule has 0 spiro atoms. The monoisotopic (exact) mass is 155 g/mol. The summed E-state index contributed by atoms with van der Waals surface area (Å²) in [5, 5.41) is 2.20. The summed E-state index contributed by atoms with van der Waals surface area (Å²) >= 11 is 7.77. The lowest BCUT2D eigenvalue weighted by Gasteiger charge is -1.79. The van der Waals surface area contributed by atoms with Crippen LogP contribution in [0.15, 0.2) is 0 Å². The maximum atomic E-state index is 9.99. The second-order valence-corrected chi connectivity index (χ2v) is 3.05. The first-order valence-corrected chi connectivity index (χ1v) is 4.17. The van der Waals surface area contributed by atoms with E-state index in [-0.39, 0.29) is 5.11 Å². The van der Waals surface area contributed by atoms with Crippen molar-refractivity contribution < 1.29 is 4.57 Å². The van der Waals surface area contributed by atoms with Gasteiger partial charge in [0.25, 0.3) is 0 Å². The number of hydrogen-bond acceptors (Lipinski definition) is 2. The SMILES string of the molecule is NC(=S)N[P+](=O)S. The van der Waals surface area contributed by atoms with E-state index in [1.54, 1.807) is 0 Å². The highest BCUT2D eigenvalue weighted by molar-refractivity contribution is 8.40. The predicted molar refractivity (Wildman–Crippen MR) is 36.5 cm³/mol. The molecule has 6 heteroatoms. The minimum atomic E-state index is -1.71. The minimum absolute atomic E-state index is 0.0103. The smallest absolute Gasteiger partial charge is 0.373 e. The Morgan fingerprint density at radius 2 is 2.43 bits per heavy atom. The maximum Gasteiger partial charge on any atom is 0.534 e. The highest BCUT2D eigenvalue weighted by Gasteiger charge is 2.05. The lowest BCUT2D eigenvalue weighted by atomic mass is 11.3. The fourth-order valence-electron chi connectivity index (χ4n) is 0.0943. The van der Waals surface area contributed by atoms with E-state index in [4.69, 9.17) is 5.73 Å². The van der Waals surface area contributed by atoms with Gasteiger partial charge in [-0.25, -0.2) is 0 Å². The van der Waals surface area contributed by atoms with Crippen molar-refractivity contribution in [3.63, 3.8) is 0 Å². The first-order valence-electron chi connectivity index (χ1n) is 1.35. The van der Waals surface area contributed by atoms with Crippen LogP contribution in [0.25, 0.3) is 0 Å². The van der Waals surface area contributed by atoms with Gasteiger partial charge in [0.1, 0.15) is 12.2 Å². The van der Waals surface area contributed by atoms with Gasteiger partial charge in [-0.1, -0.05) is 0 Å². The van der Waals surface area contributed by atoms with Crippen LogP contribution >= 0.6 is 31.6 Å². The van der Waals surface area contributed by atoms with Crippen LogP contribution in [0, 0.1) is 0 Å². The number of nitrogens with two attached hydrogens (primary N) is 1. The molecule has 0 aromatic rings. The van der Waals surface area contributed by atoms with Crippen LogP contribution in [0.2, 0.25) is 0 Å². The molecule has 3 N–H and O–H groups in total. The molecule has 0 amide bonds. The van der Waals surface area contributed by atoms with Gasteiger partial charge in [0.15, 0.2) is 0 Å². The molecule has 0 aliphatic heterocycles. The molecule has 0 aromatic carbocycles. The van der Waals surface area contributed by atoms with Gasteiger partial charge >= 0.3 is 7.15 Å². The third kappa shape index (κ3) is 6.14. The first-order chi connectivity index (χ1) is 3.13. The Bertz CT molecular complexity index is 91.9. The Labute approximate surface area is 52.7 Å². The number of nitrogens with one attached hydrogen (secondary N) is 1. The molecule has 40 valence electrons. The van der Waals surface area contributed by atoms with E-state index in [1.165, 1.54) is 0 Å². The second kappa shape index (κ2) is 3.18. The molecule has 0 heterocycles. The van der Waals surface area contributed by atoms with Crippen molar-refractivity contribution in [1.29, 1.82) is 0 Å². The lowest BCUT2D eigenvalue weighted by Crippen LogP contribution is -2.21. The number of hydrogen-bond donors (Lipinski definition) is 3. The second-order valence-electron chi connectivity index (χ2n) is 0.749. The summed E-state index contributed by atoms with van der Waals surface area (Å²) in [6.45, 7) is 0. The molecule has 7 heavy (non-hydrogen) atoms. The highest BCUT2D eigenvalue weighted by Crippen LogP contribution is 2.17. The molecule has 0 saturated carbocycles. The van der Waals surface area contributed by atoms with Crippen molar-refractivity contribution in [2.24, 2.45) is 5.73 Å². The Kier molecular flexibility index (Phi) is 3.25. The van der Waals surface area contributed by atoms with Gasteiger partial charge < -0.3 is 5.73 Å². The van der Waals surface area contributed by atoms with E-state index in [9.17, 15) is 4.57 Å². The first kappa shape index (κ1) is 7.14. The molecule has 0 aliphatic rings. The van der Waals surface area contributed by atoms with Gasteiger partial charge in [-0.3, -0.25) is 0 Å². The van der Waals surface area contributed by atoms with Crippen molar-refractivity contribution >= 4 is 36.7 Å². The van der Waals surface area contributed by atoms with Crippen LogP contribution < -0.4 is 10.8 Å². The topological polar surface area (TPSA) is 55.1 Å². The third-order valence-electron chi connectivity index (χ3n) is 0.206. The van der Waals surface area contributed by atoms with Crippen LogP contribution in [0.4, 0.5) is 0 Å². The quantitative estimate of drug-likeness (QED) is 0.291. The standard InChI is InChI=1S/CH3N2OPS2/c2-1(6)3-5(4)7/h(H3-,2,3,4,6,7)/p+1. The van der Waals surface area contributed by atoms with Crippen molar-refractivity contribution in [2.45, 2.75) is 0 Å². The molecule has 0 saturated heterocycles. The number of rotatable bonds is 1. The molecular formula is CH4N2OPS2+. The largest absolute Gasteiger partial charge is 0.534 e. The summed E-state index contributed by atoms with van der Waals surface area (Å²) < 4.78 is 9.99. The summed E-state index contributed by atoms with van der Waals surface area (Å²) in [6.07, 6.45) is 0. The van der Waals surface area contributed by atoms with E-state index >= 15 is 0 Å². The Morgan fingerprint density at radius 3 is 2.43 bits per heavy atom. The number of thiol groups is 1. The average Bonchev–Trinajstić information content (AvgIpc) is 1.27. The zero-order valence-corrected chi connectivity index (χ0v) is 5.89. The van der Waals surface area contributed by atoms with Gasteiger partial charge in [0.05, 0.1) is 0 Å². The molecule has 0 aromatic heterocycles. The van der Waals surface area contributed by atoms with Crippen LogP contribution in [-0.4, -0.2) is 5.11 Å². The van der Waals surface area contributed by atoms with E-state index < -0.39 is 7.15 Å². The van der Waals surface area contributed by atoms with E-state index in [0.29, 0.717) is 0 Å². The number of thiocarbonyl (C=S) groups is 1. The fourth-order valence-corrected chi connectivity index (χ4v) is 1.06. The average molecular weight is 155 g/mol. The predicted octanol–water partition coefficient (Wildman–Crippen LogP) is 0.407. The van der Waals surface area contributed by atoms with Gasteiger partial charge in [-0.15, -0.1) is 5.09 Å². The van der Waals surface area contributed by atoms with Gasteiger partial charge in [0, 0.05) is 0 Å². The lowest BCUT2D eigenvalue weighted by molar-refractivity contribution is 0.594. The molecule has 3 nitrogen and oxygen atoms in total. The summed E-state index contributed by atoms with van der Waals surface area (Å²) in [4.78, 5) is 0. The Morgan fingerprint density at radius 1 is 2.00 bits per heavy atom. The van der Waals surface area contributed by atoms with Crippen LogP contribution in [-0.2, 0) is 4.57 Å². The third-order valence-corrected chi connectivity index (χ3v) is 1.19. The zero-order chi connectivity index (χ0) is 5.86. The van der Waals surface area contributed by atoms with Crippen molar-refractivity contribution in [3.8, 4) is 0 Å². The van der Waals surface area contributed by atoms with Crippen LogP contribution in [0.5, 0.6) is 0 Å². The summed E-state index contributed by atoms with van der Waals surface area (Å²) in [5.41, 5.74) is 4.88. The normalized spacial score (nSPS) is 10.1. The maximum absolute atomic E-state index is 9.99. The highest BCUT2D eigenvalue weighted by atomic mass is 32.7. The molecule has 1 unspecified atom stereocenters. The molecule has 0 bridgehead atoms. The van der Waals surface area contributed by atoms with Crippen LogP contribution in [0.1, 0.15) is 0 Å². The van der Waals surface area contributed by atoms with Gasteiger partial charge in [0.2, 0.25) is 5.11 Å². The molecule has 0 fully saturated rings. The summed E-state index contributed by atoms with van der Waals surface area (Å²) in [6, 6.07) is 0. The summed E-state index contributed by atoms with van der Waals surface area (Å²) in [7, 11) is -1.71. The molecular weight excluding hydrogens is 151 g/mol. The van der Waals surface area contributed by atoms with Crippen molar-refractivity contribution in [1.82, 2.24) is 5.09 Å². The fraction of sp³-hybridized carbons (Fsp3) is 0. The van der Waals surface area contributed by atoms with Gasteiger partial charge in [-0.05, 0) is 16.8 Å². The Balaban J connectivity index is 3.32. The minimum Gasteiger partial charge on any atom is -0.373 e. The molecule has 0 aliphatic carbocycles. The van der Waals surface area contributed by atoms with Crippen molar-refractivity contribution in [2.75, 3.05) is 0 Å². The molecule has 0 radical (unpaired) electrons. The molecule has 0 rings (SSSR count). The Hall–Kier alpha value is 0.140. The summed E-state index contributed by atoms with van der Waals surface area (Å²) in [5.74, 6) is 0. The van der Waals surface area contributed by atoms with E-state index in [2.05, 4.69) is 29.6 Å². The van der Waals surface area contributed by atoms with E-state index in [1.807, 2.05) is 0 Å².